The zero-order valence-electron chi connectivity index (χ0n) is 22.7. The van der Waals surface area contributed by atoms with Crippen molar-refractivity contribution in [2.24, 2.45) is 0 Å². The van der Waals surface area contributed by atoms with Crippen LogP contribution >= 0.6 is 0 Å². The maximum Gasteiger partial charge on any atom is 0.319 e. The highest BCUT2D eigenvalue weighted by Crippen LogP contribution is 2.41. The standard InChI is InChI=1S/C31H32F2N6O2/c32-19-12-31(8-3-9-39(31)14-19)17-41-30-36-28-25(29(37-30)38-15-20-6-7-21(16-38)35-20)13-34-27(26(28)33)24-11-22(40)10-18-4-1-2-5-23(18)24/h1-2,4-5,10-11,13,19-21,35,40H,3,6-9,12,14-17H2/t19-,20?,21?,31?/m1/s1. The van der Waals surface area contributed by atoms with Crippen molar-refractivity contribution in [3.63, 3.8) is 0 Å². The summed E-state index contributed by atoms with van der Waals surface area (Å²) in [4.78, 5) is 18.4. The summed E-state index contributed by atoms with van der Waals surface area (Å²) >= 11 is 0. The lowest BCUT2D eigenvalue weighted by molar-refractivity contribution is 0.107. The number of hydrogen-bond acceptors (Lipinski definition) is 8. The van der Waals surface area contributed by atoms with Crippen molar-refractivity contribution < 1.29 is 18.6 Å². The van der Waals surface area contributed by atoms with Crippen LogP contribution in [0.3, 0.4) is 0 Å². The Kier molecular flexibility index (Phi) is 5.79. The van der Waals surface area contributed by atoms with Gasteiger partial charge in [0.2, 0.25) is 0 Å². The molecule has 2 aromatic carbocycles. The summed E-state index contributed by atoms with van der Waals surface area (Å²) in [5, 5.41) is 16.1. The highest BCUT2D eigenvalue weighted by molar-refractivity contribution is 5.99. The largest absolute Gasteiger partial charge is 0.508 e. The third kappa shape index (κ3) is 4.18. The Balaban J connectivity index is 1.24. The van der Waals surface area contributed by atoms with Crippen molar-refractivity contribution in [1.82, 2.24) is 25.2 Å². The molecule has 3 unspecified atom stereocenters. The molecule has 0 spiro atoms. The molecule has 0 aliphatic carbocycles. The van der Waals surface area contributed by atoms with E-state index in [0.29, 0.717) is 41.8 Å². The second-order valence-electron chi connectivity index (χ2n) is 12.1. The molecule has 4 fully saturated rings. The summed E-state index contributed by atoms with van der Waals surface area (Å²) in [5.74, 6) is 0.0553. The Morgan fingerprint density at radius 2 is 1.90 bits per heavy atom. The van der Waals surface area contributed by atoms with E-state index in [2.05, 4.69) is 25.1 Å². The summed E-state index contributed by atoms with van der Waals surface area (Å²) in [6, 6.07) is 11.5. The molecule has 41 heavy (non-hydrogen) atoms. The smallest absolute Gasteiger partial charge is 0.319 e. The molecule has 2 bridgehead atoms. The van der Waals surface area contributed by atoms with Gasteiger partial charge in [-0.1, -0.05) is 24.3 Å². The average Bonchev–Trinajstić information content (AvgIpc) is 3.61. The maximum atomic E-state index is 16.5. The summed E-state index contributed by atoms with van der Waals surface area (Å²) in [6.07, 6.45) is 5.26. The number of nitrogens with one attached hydrogen (secondary N) is 1. The quantitative estimate of drug-likeness (QED) is 0.368. The van der Waals surface area contributed by atoms with Crippen LogP contribution in [0.15, 0.2) is 42.6 Å². The summed E-state index contributed by atoms with van der Waals surface area (Å²) in [6.45, 7) is 3.06. The van der Waals surface area contributed by atoms with Crippen LogP contribution in [-0.4, -0.2) is 81.5 Å². The Morgan fingerprint density at radius 3 is 2.76 bits per heavy atom. The number of halogens is 2. The lowest BCUT2D eigenvalue weighted by Crippen LogP contribution is -2.51. The van der Waals surface area contributed by atoms with Crippen LogP contribution in [0.5, 0.6) is 11.8 Å². The molecule has 4 aromatic rings. The molecule has 0 amide bonds. The van der Waals surface area contributed by atoms with Crippen LogP contribution in [0.1, 0.15) is 32.1 Å². The number of aromatic nitrogens is 3. The highest BCUT2D eigenvalue weighted by Gasteiger charge is 2.49. The molecular weight excluding hydrogens is 526 g/mol. The second kappa shape index (κ2) is 9.46. The predicted octanol–water partition coefficient (Wildman–Crippen LogP) is 4.59. The van der Waals surface area contributed by atoms with E-state index in [1.54, 1.807) is 12.3 Å². The fourth-order valence-electron chi connectivity index (χ4n) is 7.62. The number of phenols is 1. The third-order valence-corrected chi connectivity index (χ3v) is 9.49. The Labute approximate surface area is 236 Å². The Hall–Kier alpha value is -3.63. The monoisotopic (exact) mass is 558 g/mol. The van der Waals surface area contributed by atoms with Gasteiger partial charge < -0.3 is 20.1 Å². The zero-order chi connectivity index (χ0) is 27.7. The fourth-order valence-corrected chi connectivity index (χ4v) is 7.62. The number of hydrogen-bond donors (Lipinski definition) is 2. The van der Waals surface area contributed by atoms with E-state index >= 15 is 4.39 Å². The molecule has 2 aromatic heterocycles. The molecule has 0 saturated carbocycles. The lowest BCUT2D eigenvalue weighted by Gasteiger charge is -2.34. The molecule has 8 rings (SSSR count). The number of anilines is 1. The van der Waals surface area contributed by atoms with Crippen LogP contribution in [-0.2, 0) is 0 Å². The minimum atomic E-state index is -0.869. The predicted molar refractivity (Wildman–Crippen MR) is 153 cm³/mol. The Bertz CT molecular complexity index is 1660. The van der Waals surface area contributed by atoms with Gasteiger partial charge in [0.15, 0.2) is 5.82 Å². The molecule has 6 heterocycles. The van der Waals surface area contributed by atoms with Gasteiger partial charge in [0.25, 0.3) is 0 Å². The average molecular weight is 559 g/mol. The van der Waals surface area contributed by atoms with Crippen molar-refractivity contribution in [1.29, 1.82) is 0 Å². The van der Waals surface area contributed by atoms with E-state index in [4.69, 9.17) is 9.72 Å². The third-order valence-electron chi connectivity index (χ3n) is 9.49. The number of fused-ring (bicyclic) bond motifs is 5. The van der Waals surface area contributed by atoms with E-state index in [1.807, 2.05) is 24.3 Å². The SMILES string of the molecule is Oc1cc(-c2ncc3c(N4CC5CCC(C4)N5)nc(OCC45CCCN4C[C@H](F)C5)nc3c2F)c2ccccc2c1. The Morgan fingerprint density at radius 1 is 1.07 bits per heavy atom. The van der Waals surface area contributed by atoms with E-state index < -0.39 is 12.0 Å². The van der Waals surface area contributed by atoms with Gasteiger partial charge in [-0.2, -0.15) is 9.97 Å². The number of pyridine rings is 1. The van der Waals surface area contributed by atoms with Gasteiger partial charge in [-0.15, -0.1) is 0 Å². The van der Waals surface area contributed by atoms with E-state index in [-0.39, 0.29) is 35.1 Å². The molecule has 0 radical (unpaired) electrons. The normalized spacial score (nSPS) is 27.7. The molecule has 10 heteroatoms. The molecule has 2 N–H and O–H groups in total. The number of benzene rings is 2. The van der Waals surface area contributed by atoms with Gasteiger partial charge >= 0.3 is 6.01 Å². The summed E-state index contributed by atoms with van der Waals surface area (Å²) in [5.41, 5.74) is 0.360. The fraction of sp³-hybridized carbons (Fsp3) is 0.452. The number of nitrogens with zero attached hydrogens (tertiary/aromatic N) is 5. The van der Waals surface area contributed by atoms with Gasteiger partial charge in [-0.05, 0) is 55.1 Å². The van der Waals surface area contributed by atoms with Gasteiger partial charge in [-0.3, -0.25) is 9.88 Å². The number of rotatable bonds is 5. The number of phenolic OH excluding ortho intramolecular Hbond substituents is 1. The van der Waals surface area contributed by atoms with Gasteiger partial charge in [0.05, 0.1) is 10.9 Å². The number of ether oxygens (including phenoxy) is 1. The maximum absolute atomic E-state index is 16.5. The van der Waals surface area contributed by atoms with Crippen LogP contribution in [0.4, 0.5) is 14.6 Å². The van der Waals surface area contributed by atoms with Crippen LogP contribution < -0.4 is 15.0 Å². The number of aromatic hydroxyl groups is 1. The minimum Gasteiger partial charge on any atom is -0.508 e. The van der Waals surface area contributed by atoms with E-state index in [0.717, 1.165) is 56.1 Å². The topological polar surface area (TPSA) is 86.6 Å². The number of piperazine rings is 1. The zero-order valence-corrected chi connectivity index (χ0v) is 22.7. The van der Waals surface area contributed by atoms with E-state index in [9.17, 15) is 9.50 Å². The molecule has 212 valence electrons. The van der Waals surface area contributed by atoms with Gasteiger partial charge in [0, 0.05) is 49.9 Å². The van der Waals surface area contributed by atoms with Crippen molar-refractivity contribution >= 4 is 27.5 Å². The molecule has 4 saturated heterocycles. The first-order valence-corrected chi connectivity index (χ1v) is 14.6. The second-order valence-corrected chi connectivity index (χ2v) is 12.1. The van der Waals surface area contributed by atoms with Crippen LogP contribution in [0.25, 0.3) is 32.9 Å². The number of alkyl halides is 1. The molecular formula is C31H32F2N6O2. The molecule has 4 aliphatic heterocycles. The molecule has 4 aliphatic rings. The van der Waals surface area contributed by atoms with Crippen LogP contribution in [0, 0.1) is 5.82 Å². The van der Waals surface area contributed by atoms with Gasteiger partial charge in [0.1, 0.15) is 35.6 Å². The van der Waals surface area contributed by atoms with E-state index in [1.165, 1.54) is 6.07 Å². The van der Waals surface area contributed by atoms with Crippen molar-refractivity contribution in [2.45, 2.75) is 55.9 Å². The van der Waals surface area contributed by atoms with Crippen molar-refractivity contribution in [3.8, 4) is 23.0 Å². The minimum absolute atomic E-state index is 0.0341. The first-order valence-electron chi connectivity index (χ1n) is 14.6. The van der Waals surface area contributed by atoms with Crippen LogP contribution in [0.2, 0.25) is 0 Å². The summed E-state index contributed by atoms with van der Waals surface area (Å²) in [7, 11) is 0. The first-order chi connectivity index (χ1) is 20.0. The molecule has 4 atom stereocenters. The van der Waals surface area contributed by atoms with Crippen molar-refractivity contribution in [3.05, 3.63) is 48.4 Å². The van der Waals surface area contributed by atoms with Crippen molar-refractivity contribution in [2.75, 3.05) is 37.7 Å². The lowest BCUT2D eigenvalue weighted by atomic mass is 9.95. The first kappa shape index (κ1) is 25.1. The highest BCUT2D eigenvalue weighted by atomic mass is 19.1. The molecule has 8 nitrogen and oxygen atoms in total. The van der Waals surface area contributed by atoms with Gasteiger partial charge in [-0.25, -0.2) is 8.78 Å². The summed E-state index contributed by atoms with van der Waals surface area (Å²) < 4.78 is 37.2.